The van der Waals surface area contributed by atoms with E-state index in [0.29, 0.717) is 16.3 Å². The summed E-state index contributed by atoms with van der Waals surface area (Å²) < 4.78 is 9.72. The van der Waals surface area contributed by atoms with Crippen LogP contribution in [0.5, 0.6) is 0 Å². The fraction of sp³-hybridized carbons (Fsp3) is 0.250. The molecule has 0 aliphatic rings. The lowest BCUT2D eigenvalue weighted by atomic mass is 10.0. The number of nitrogens with two attached hydrogens (primary N) is 1. The number of carbonyl (C=O) groups excluding carboxylic acids is 3. The van der Waals surface area contributed by atoms with E-state index >= 15 is 0 Å². The summed E-state index contributed by atoms with van der Waals surface area (Å²) in [6, 6.07) is 6.55. The number of aryl methyl sites for hydroxylation is 1. The number of hydrogen-bond acceptors (Lipinski definition) is 6. The first kappa shape index (κ1) is 19.3. The van der Waals surface area contributed by atoms with Gasteiger partial charge in [-0.3, -0.25) is 9.59 Å². The summed E-state index contributed by atoms with van der Waals surface area (Å²) in [6.07, 6.45) is -0.207. The van der Waals surface area contributed by atoms with Crippen LogP contribution in [-0.4, -0.2) is 29.7 Å². The predicted molar refractivity (Wildman–Crippen MR) is 92.4 cm³/mol. The Morgan fingerprint density at radius 1 is 1.31 bits per heavy atom. The monoisotopic (exact) mass is 380 g/mol. The van der Waals surface area contributed by atoms with E-state index in [1.807, 2.05) is 0 Å². The Kier molecular flexibility index (Phi) is 6.56. The second-order valence-electron chi connectivity index (χ2n) is 5.35. The van der Waals surface area contributed by atoms with Gasteiger partial charge in [-0.25, -0.2) is 4.79 Å². The van der Waals surface area contributed by atoms with Crippen molar-refractivity contribution < 1.29 is 23.6 Å². The fourth-order valence-corrected chi connectivity index (χ4v) is 2.22. The maximum absolute atomic E-state index is 12.0. The van der Waals surface area contributed by atoms with E-state index in [-0.39, 0.29) is 12.2 Å². The van der Waals surface area contributed by atoms with Crippen molar-refractivity contribution >= 4 is 35.3 Å². The molecule has 0 fully saturated rings. The maximum atomic E-state index is 12.0. The van der Waals surface area contributed by atoms with Gasteiger partial charge in [-0.15, -0.1) is 0 Å². The topological polar surface area (TPSA) is 137 Å². The van der Waals surface area contributed by atoms with E-state index in [9.17, 15) is 14.4 Å². The third-order valence-corrected chi connectivity index (χ3v) is 3.47. The van der Waals surface area contributed by atoms with Gasteiger partial charge >= 0.3 is 12.0 Å². The van der Waals surface area contributed by atoms with E-state index in [0.717, 1.165) is 0 Å². The van der Waals surface area contributed by atoms with Crippen LogP contribution in [0.2, 0.25) is 5.02 Å². The first-order valence-electron chi connectivity index (χ1n) is 7.53. The molecule has 0 radical (unpaired) electrons. The number of ether oxygens (including phenoxy) is 1. The molecule has 1 aromatic heterocycles. The zero-order valence-corrected chi connectivity index (χ0v) is 14.6. The number of esters is 1. The summed E-state index contributed by atoms with van der Waals surface area (Å²) in [4.78, 5) is 34.9. The van der Waals surface area contributed by atoms with Gasteiger partial charge in [0, 0.05) is 11.1 Å². The summed E-state index contributed by atoms with van der Waals surface area (Å²) in [6.45, 7) is 1.17. The van der Waals surface area contributed by atoms with Gasteiger partial charge < -0.3 is 25.6 Å². The molecule has 0 spiro atoms. The number of nitrogens with one attached hydrogen (secondary N) is 2. The Labute approximate surface area is 153 Å². The highest BCUT2D eigenvalue weighted by Crippen LogP contribution is 2.20. The van der Waals surface area contributed by atoms with Crippen LogP contribution in [0.25, 0.3) is 0 Å². The SMILES string of the molecule is Cc1cc(NC(=O)COC(=O)C[C@@H](NC(N)=O)c2ccc(Cl)cc2)no1. The van der Waals surface area contributed by atoms with E-state index in [2.05, 4.69) is 15.8 Å². The number of anilines is 1. The molecule has 10 heteroatoms. The molecule has 0 unspecified atom stereocenters. The minimum atomic E-state index is -0.795. The van der Waals surface area contributed by atoms with Crippen molar-refractivity contribution in [2.45, 2.75) is 19.4 Å². The number of primary amides is 1. The van der Waals surface area contributed by atoms with Crippen molar-refractivity contribution in [2.24, 2.45) is 5.73 Å². The van der Waals surface area contributed by atoms with Crippen LogP contribution >= 0.6 is 11.6 Å². The quantitative estimate of drug-likeness (QED) is 0.627. The summed E-state index contributed by atoms with van der Waals surface area (Å²) >= 11 is 5.82. The van der Waals surface area contributed by atoms with Crippen LogP contribution in [0.15, 0.2) is 34.9 Å². The van der Waals surface area contributed by atoms with Crippen molar-refractivity contribution in [1.29, 1.82) is 0 Å². The molecular weight excluding hydrogens is 364 g/mol. The van der Waals surface area contributed by atoms with Gasteiger partial charge in [0.2, 0.25) is 0 Å². The van der Waals surface area contributed by atoms with Crippen molar-refractivity contribution in [1.82, 2.24) is 10.5 Å². The normalized spacial score (nSPS) is 11.5. The molecule has 1 aromatic carbocycles. The van der Waals surface area contributed by atoms with E-state index in [1.54, 1.807) is 31.2 Å². The molecule has 4 N–H and O–H groups in total. The highest BCUT2D eigenvalue weighted by atomic mass is 35.5. The summed E-state index contributed by atoms with van der Waals surface area (Å²) in [5.41, 5.74) is 5.76. The zero-order valence-electron chi connectivity index (χ0n) is 13.8. The zero-order chi connectivity index (χ0) is 19.1. The number of hydrogen-bond donors (Lipinski definition) is 3. The van der Waals surface area contributed by atoms with Crippen molar-refractivity contribution in [3.63, 3.8) is 0 Å². The van der Waals surface area contributed by atoms with Crippen molar-refractivity contribution in [3.8, 4) is 0 Å². The van der Waals surface area contributed by atoms with Gasteiger partial charge in [0.25, 0.3) is 5.91 Å². The summed E-state index contributed by atoms with van der Waals surface area (Å²) in [5.74, 6) is -0.513. The van der Waals surface area contributed by atoms with Gasteiger partial charge in [-0.2, -0.15) is 0 Å². The van der Waals surface area contributed by atoms with Gasteiger partial charge in [0.05, 0.1) is 12.5 Å². The molecular formula is C16H17ClN4O5. The molecule has 0 aliphatic carbocycles. The minimum absolute atomic E-state index is 0.207. The number of rotatable bonds is 7. The fourth-order valence-electron chi connectivity index (χ4n) is 2.09. The highest BCUT2D eigenvalue weighted by molar-refractivity contribution is 6.30. The van der Waals surface area contributed by atoms with Crippen LogP contribution in [0.3, 0.4) is 0 Å². The number of aromatic nitrogens is 1. The van der Waals surface area contributed by atoms with Crippen LogP contribution in [0.4, 0.5) is 10.6 Å². The Morgan fingerprint density at radius 3 is 2.58 bits per heavy atom. The Bertz CT molecular complexity index is 790. The minimum Gasteiger partial charge on any atom is -0.455 e. The van der Waals surface area contributed by atoms with E-state index < -0.39 is 30.6 Å². The molecule has 2 aromatic rings. The maximum Gasteiger partial charge on any atom is 0.312 e. The van der Waals surface area contributed by atoms with Gasteiger partial charge in [-0.05, 0) is 24.6 Å². The summed E-state index contributed by atoms with van der Waals surface area (Å²) in [5, 5.41) is 8.96. The second kappa shape index (κ2) is 8.86. The number of amides is 3. The largest absolute Gasteiger partial charge is 0.455 e. The van der Waals surface area contributed by atoms with Gasteiger partial charge in [0.1, 0.15) is 5.76 Å². The van der Waals surface area contributed by atoms with Gasteiger partial charge in [-0.1, -0.05) is 28.9 Å². The van der Waals surface area contributed by atoms with E-state index in [1.165, 1.54) is 6.07 Å². The molecule has 1 atom stereocenters. The van der Waals surface area contributed by atoms with E-state index in [4.69, 9.17) is 26.6 Å². The number of benzene rings is 1. The Morgan fingerprint density at radius 2 is 2.00 bits per heavy atom. The van der Waals surface area contributed by atoms with Crippen LogP contribution in [0, 0.1) is 6.92 Å². The number of nitrogens with zero attached hydrogens (tertiary/aromatic N) is 1. The Balaban J connectivity index is 1.88. The van der Waals surface area contributed by atoms with Crippen LogP contribution < -0.4 is 16.4 Å². The molecule has 9 nitrogen and oxygen atoms in total. The number of urea groups is 1. The molecule has 26 heavy (non-hydrogen) atoms. The lowest BCUT2D eigenvalue weighted by Crippen LogP contribution is -2.35. The standard InChI is InChI=1S/C16H17ClN4O5/c1-9-6-13(21-26-9)20-14(22)8-25-15(23)7-12(19-16(18)24)10-2-4-11(17)5-3-10/h2-6,12H,7-8H2,1H3,(H3,18,19,24)(H,20,21,22)/t12-/m1/s1. The molecule has 0 saturated heterocycles. The number of carbonyl (C=O) groups is 3. The first-order chi connectivity index (χ1) is 12.3. The van der Waals surface area contributed by atoms with Crippen molar-refractivity contribution in [2.75, 3.05) is 11.9 Å². The smallest absolute Gasteiger partial charge is 0.312 e. The third kappa shape index (κ3) is 6.10. The molecule has 138 valence electrons. The Hall–Kier alpha value is -3.07. The highest BCUT2D eigenvalue weighted by Gasteiger charge is 2.19. The van der Waals surface area contributed by atoms with Gasteiger partial charge in [0.15, 0.2) is 12.4 Å². The second-order valence-corrected chi connectivity index (χ2v) is 5.78. The first-order valence-corrected chi connectivity index (χ1v) is 7.91. The third-order valence-electron chi connectivity index (χ3n) is 3.22. The van der Waals surface area contributed by atoms with Crippen LogP contribution in [0.1, 0.15) is 23.8 Å². The number of halogens is 1. The average molecular weight is 381 g/mol. The van der Waals surface area contributed by atoms with Crippen LogP contribution in [-0.2, 0) is 14.3 Å². The summed E-state index contributed by atoms with van der Waals surface area (Å²) in [7, 11) is 0. The lowest BCUT2D eigenvalue weighted by Gasteiger charge is -2.17. The molecule has 3 amide bonds. The lowest BCUT2D eigenvalue weighted by molar-refractivity contribution is -0.147. The average Bonchev–Trinajstić information content (AvgIpc) is 2.97. The molecule has 0 saturated carbocycles. The molecule has 1 heterocycles. The molecule has 2 rings (SSSR count). The van der Waals surface area contributed by atoms with Crippen molar-refractivity contribution in [3.05, 3.63) is 46.7 Å². The molecule has 0 bridgehead atoms. The predicted octanol–water partition coefficient (Wildman–Crippen LogP) is 1.92. The molecule has 0 aliphatic heterocycles.